The number of methoxy groups -OCH3 is 2. The second kappa shape index (κ2) is 5.85. The van der Waals surface area contributed by atoms with Crippen molar-refractivity contribution < 1.29 is 14.3 Å². The van der Waals surface area contributed by atoms with Crippen molar-refractivity contribution in [3.63, 3.8) is 0 Å². The lowest BCUT2D eigenvalue weighted by molar-refractivity contribution is 0.0601. The third-order valence-corrected chi connectivity index (χ3v) is 3.51. The van der Waals surface area contributed by atoms with Gasteiger partial charge in [-0.3, -0.25) is 0 Å². The fraction of sp³-hybridized carbons (Fsp3) is 0.111. The van der Waals surface area contributed by atoms with Gasteiger partial charge in [-0.1, -0.05) is 30.3 Å². The van der Waals surface area contributed by atoms with E-state index in [1.165, 1.54) is 7.11 Å². The van der Waals surface area contributed by atoms with Gasteiger partial charge in [0.05, 0.1) is 25.5 Å². The zero-order chi connectivity index (χ0) is 15.5. The Morgan fingerprint density at radius 1 is 1.00 bits per heavy atom. The van der Waals surface area contributed by atoms with E-state index in [-0.39, 0.29) is 5.97 Å². The number of aromatic nitrogens is 1. The van der Waals surface area contributed by atoms with Gasteiger partial charge in [-0.05, 0) is 29.0 Å². The molecule has 4 heteroatoms. The van der Waals surface area contributed by atoms with E-state index in [4.69, 9.17) is 9.47 Å². The van der Waals surface area contributed by atoms with Gasteiger partial charge in [-0.15, -0.1) is 0 Å². The minimum absolute atomic E-state index is 0.352. The Labute approximate surface area is 128 Å². The quantitative estimate of drug-likeness (QED) is 0.691. The zero-order valence-corrected chi connectivity index (χ0v) is 12.4. The van der Waals surface area contributed by atoms with Crippen LogP contribution in [0, 0.1) is 0 Å². The van der Waals surface area contributed by atoms with E-state index in [9.17, 15) is 4.79 Å². The fourth-order valence-corrected chi connectivity index (χ4v) is 2.42. The Morgan fingerprint density at radius 2 is 1.82 bits per heavy atom. The van der Waals surface area contributed by atoms with E-state index in [1.54, 1.807) is 19.2 Å². The normalized spacial score (nSPS) is 10.5. The summed E-state index contributed by atoms with van der Waals surface area (Å²) in [5.41, 5.74) is 2.26. The van der Waals surface area contributed by atoms with Gasteiger partial charge in [0.15, 0.2) is 0 Å². The SMILES string of the molecule is COC(=O)c1ccc2cccc(-c3cccc(OC)n3)c2c1. The molecule has 110 valence electrons. The van der Waals surface area contributed by atoms with E-state index in [2.05, 4.69) is 4.98 Å². The van der Waals surface area contributed by atoms with Gasteiger partial charge in [0.25, 0.3) is 0 Å². The van der Waals surface area contributed by atoms with Gasteiger partial charge >= 0.3 is 5.97 Å². The van der Waals surface area contributed by atoms with Crippen molar-refractivity contribution in [1.29, 1.82) is 0 Å². The molecule has 0 saturated heterocycles. The van der Waals surface area contributed by atoms with Crippen molar-refractivity contribution in [2.45, 2.75) is 0 Å². The number of pyridine rings is 1. The molecule has 3 aromatic rings. The summed E-state index contributed by atoms with van der Waals surface area (Å²) in [6.07, 6.45) is 0. The van der Waals surface area contributed by atoms with Crippen LogP contribution in [0.5, 0.6) is 5.88 Å². The maximum absolute atomic E-state index is 11.7. The van der Waals surface area contributed by atoms with Crippen LogP contribution in [0.1, 0.15) is 10.4 Å². The Kier molecular flexibility index (Phi) is 3.74. The van der Waals surface area contributed by atoms with Crippen molar-refractivity contribution in [1.82, 2.24) is 4.98 Å². The summed E-state index contributed by atoms with van der Waals surface area (Å²) < 4.78 is 9.98. The van der Waals surface area contributed by atoms with Crippen LogP contribution in [0.3, 0.4) is 0 Å². The number of rotatable bonds is 3. The molecule has 4 nitrogen and oxygen atoms in total. The van der Waals surface area contributed by atoms with Crippen LogP contribution in [0.25, 0.3) is 22.0 Å². The Balaban J connectivity index is 2.22. The molecular weight excluding hydrogens is 278 g/mol. The molecule has 0 aliphatic heterocycles. The van der Waals surface area contributed by atoms with Crippen LogP contribution < -0.4 is 4.74 Å². The number of carbonyl (C=O) groups is 1. The number of fused-ring (bicyclic) bond motifs is 1. The molecule has 0 fully saturated rings. The predicted octanol–water partition coefficient (Wildman–Crippen LogP) is 3.70. The molecule has 0 amide bonds. The number of hydrogen-bond acceptors (Lipinski definition) is 4. The Hall–Kier alpha value is -2.88. The van der Waals surface area contributed by atoms with Crippen LogP contribution >= 0.6 is 0 Å². The van der Waals surface area contributed by atoms with E-state index in [0.717, 1.165) is 22.0 Å². The highest BCUT2D eigenvalue weighted by molar-refractivity contribution is 6.01. The average molecular weight is 293 g/mol. The lowest BCUT2D eigenvalue weighted by Gasteiger charge is -2.09. The molecule has 0 aliphatic rings. The van der Waals surface area contributed by atoms with Gasteiger partial charge in [-0.2, -0.15) is 0 Å². The number of esters is 1. The van der Waals surface area contributed by atoms with Crippen LogP contribution in [0.2, 0.25) is 0 Å². The average Bonchev–Trinajstić information content (AvgIpc) is 2.60. The Bertz CT molecular complexity index is 843. The first-order valence-electron chi connectivity index (χ1n) is 6.85. The zero-order valence-electron chi connectivity index (χ0n) is 12.4. The van der Waals surface area contributed by atoms with Crippen LogP contribution in [0.4, 0.5) is 0 Å². The molecule has 3 rings (SSSR count). The molecule has 0 unspecified atom stereocenters. The summed E-state index contributed by atoms with van der Waals surface area (Å²) in [6, 6.07) is 17.1. The fourth-order valence-electron chi connectivity index (χ4n) is 2.42. The van der Waals surface area contributed by atoms with Gasteiger partial charge < -0.3 is 9.47 Å². The van der Waals surface area contributed by atoms with E-state index < -0.39 is 0 Å². The van der Waals surface area contributed by atoms with Crippen LogP contribution in [-0.4, -0.2) is 25.2 Å². The maximum atomic E-state index is 11.7. The van der Waals surface area contributed by atoms with Crippen molar-refractivity contribution in [3.8, 4) is 17.1 Å². The molecule has 22 heavy (non-hydrogen) atoms. The summed E-state index contributed by atoms with van der Waals surface area (Å²) in [5.74, 6) is 0.203. The van der Waals surface area contributed by atoms with Crippen LogP contribution in [0.15, 0.2) is 54.6 Å². The number of ether oxygens (including phenoxy) is 2. The lowest BCUT2D eigenvalue weighted by atomic mass is 9.99. The molecule has 1 aromatic heterocycles. The minimum atomic E-state index is -0.352. The summed E-state index contributed by atoms with van der Waals surface area (Å²) in [5, 5.41) is 1.99. The van der Waals surface area contributed by atoms with E-state index >= 15 is 0 Å². The lowest BCUT2D eigenvalue weighted by Crippen LogP contribution is -2.00. The number of benzene rings is 2. The first kappa shape index (κ1) is 14.1. The highest BCUT2D eigenvalue weighted by atomic mass is 16.5. The molecule has 0 saturated carbocycles. The van der Waals surface area contributed by atoms with Crippen molar-refractivity contribution in [2.75, 3.05) is 14.2 Å². The molecule has 2 aromatic carbocycles. The third-order valence-electron chi connectivity index (χ3n) is 3.51. The largest absolute Gasteiger partial charge is 0.481 e. The highest BCUT2D eigenvalue weighted by Gasteiger charge is 2.10. The topological polar surface area (TPSA) is 48.4 Å². The molecule has 0 bridgehead atoms. The van der Waals surface area contributed by atoms with Gasteiger partial charge in [0.2, 0.25) is 5.88 Å². The van der Waals surface area contributed by atoms with Crippen molar-refractivity contribution >= 4 is 16.7 Å². The molecule has 0 spiro atoms. The first-order valence-corrected chi connectivity index (χ1v) is 6.85. The molecule has 0 radical (unpaired) electrons. The van der Waals surface area contributed by atoms with Crippen molar-refractivity contribution in [2.24, 2.45) is 0 Å². The van der Waals surface area contributed by atoms with Crippen molar-refractivity contribution in [3.05, 3.63) is 60.2 Å². The minimum Gasteiger partial charge on any atom is -0.481 e. The summed E-state index contributed by atoms with van der Waals surface area (Å²) in [6.45, 7) is 0. The molecule has 0 atom stereocenters. The molecular formula is C18H15NO3. The van der Waals surface area contributed by atoms with E-state index in [0.29, 0.717) is 11.4 Å². The number of carbonyl (C=O) groups excluding carboxylic acids is 1. The van der Waals surface area contributed by atoms with Gasteiger partial charge in [0, 0.05) is 11.6 Å². The maximum Gasteiger partial charge on any atom is 0.337 e. The third kappa shape index (κ3) is 2.51. The van der Waals surface area contributed by atoms with Gasteiger partial charge in [0.1, 0.15) is 0 Å². The Morgan fingerprint density at radius 3 is 2.59 bits per heavy atom. The van der Waals surface area contributed by atoms with Crippen LogP contribution in [-0.2, 0) is 4.74 Å². The molecule has 1 heterocycles. The second-order valence-corrected chi connectivity index (χ2v) is 4.80. The summed E-state index contributed by atoms with van der Waals surface area (Å²) in [4.78, 5) is 16.2. The van der Waals surface area contributed by atoms with E-state index in [1.807, 2.05) is 42.5 Å². The monoisotopic (exact) mass is 293 g/mol. The second-order valence-electron chi connectivity index (χ2n) is 4.80. The molecule has 0 N–H and O–H groups in total. The first-order chi connectivity index (χ1) is 10.7. The standard InChI is InChI=1S/C18H15NO3/c1-21-17-8-4-7-16(19-17)14-6-3-5-12-9-10-13(11-15(12)14)18(20)22-2/h3-11H,1-2H3. The molecule has 0 aliphatic carbocycles. The number of hydrogen-bond donors (Lipinski definition) is 0. The predicted molar refractivity (Wildman–Crippen MR) is 85.1 cm³/mol. The number of nitrogens with zero attached hydrogens (tertiary/aromatic N) is 1. The summed E-state index contributed by atoms with van der Waals surface area (Å²) >= 11 is 0. The smallest absolute Gasteiger partial charge is 0.337 e. The summed E-state index contributed by atoms with van der Waals surface area (Å²) in [7, 11) is 2.96. The highest BCUT2D eigenvalue weighted by Crippen LogP contribution is 2.29. The van der Waals surface area contributed by atoms with Gasteiger partial charge in [-0.25, -0.2) is 9.78 Å².